The molecule has 6 heteroatoms. The molecule has 4 rings (SSSR count). The summed E-state index contributed by atoms with van der Waals surface area (Å²) in [6, 6.07) is 8.45. The normalized spacial score (nSPS) is 16.0. The Kier molecular flexibility index (Phi) is 4.34. The van der Waals surface area contributed by atoms with Crippen molar-refractivity contribution in [1.82, 2.24) is 24.8 Å². The summed E-state index contributed by atoms with van der Waals surface area (Å²) in [5.41, 5.74) is 6.23. The quantitative estimate of drug-likeness (QED) is 0.654. The van der Waals surface area contributed by atoms with Crippen molar-refractivity contribution in [3.05, 3.63) is 54.4 Å². The van der Waals surface area contributed by atoms with Gasteiger partial charge < -0.3 is 15.5 Å². The van der Waals surface area contributed by atoms with Crippen molar-refractivity contribution in [3.8, 4) is 11.1 Å². The zero-order valence-electron chi connectivity index (χ0n) is 15.3. The van der Waals surface area contributed by atoms with Crippen LogP contribution in [-0.2, 0) is 0 Å². The van der Waals surface area contributed by atoms with Gasteiger partial charge in [-0.1, -0.05) is 12.6 Å². The number of fused-ring (bicyclic) bond motifs is 4. The van der Waals surface area contributed by atoms with Gasteiger partial charge in [0.15, 0.2) is 5.65 Å². The molecule has 0 aliphatic carbocycles. The average molecular weight is 348 g/mol. The van der Waals surface area contributed by atoms with Crippen LogP contribution in [0.25, 0.3) is 22.5 Å². The number of anilines is 1. The first-order valence-corrected chi connectivity index (χ1v) is 8.92. The molecule has 134 valence electrons. The molecule has 0 radical (unpaired) electrons. The third kappa shape index (κ3) is 3.28. The Hall–Kier alpha value is -2.86. The molecule has 0 atom stereocenters. The highest BCUT2D eigenvalue weighted by molar-refractivity contribution is 5.80. The van der Waals surface area contributed by atoms with Crippen LogP contribution in [0.15, 0.2) is 43.2 Å². The van der Waals surface area contributed by atoms with Crippen molar-refractivity contribution in [2.24, 2.45) is 0 Å². The van der Waals surface area contributed by atoms with E-state index in [0.717, 1.165) is 60.0 Å². The van der Waals surface area contributed by atoms with Gasteiger partial charge >= 0.3 is 0 Å². The van der Waals surface area contributed by atoms with Crippen LogP contribution in [-0.4, -0.2) is 52.7 Å². The summed E-state index contributed by atoms with van der Waals surface area (Å²) in [6.07, 6.45) is 3.83. The second-order valence-corrected chi connectivity index (χ2v) is 6.86. The van der Waals surface area contributed by atoms with Crippen LogP contribution in [0.5, 0.6) is 0 Å². The number of aryl methyl sites for hydroxylation is 1. The average Bonchev–Trinajstić information content (AvgIpc) is 3.03. The molecular formula is C20H24N6. The second-order valence-electron chi connectivity index (χ2n) is 6.86. The Morgan fingerprint density at radius 1 is 1.08 bits per heavy atom. The number of rotatable bonds is 0. The van der Waals surface area contributed by atoms with Gasteiger partial charge in [-0.2, -0.15) is 5.10 Å². The summed E-state index contributed by atoms with van der Waals surface area (Å²) in [5.74, 6) is 0.873. The molecule has 2 N–H and O–H groups in total. The smallest absolute Gasteiger partial charge is 0.165 e. The molecule has 0 saturated heterocycles. The van der Waals surface area contributed by atoms with Gasteiger partial charge in [0.05, 0.1) is 6.20 Å². The summed E-state index contributed by atoms with van der Waals surface area (Å²) < 4.78 is 1.82. The highest BCUT2D eigenvalue weighted by Gasteiger charge is 2.12. The Morgan fingerprint density at radius 2 is 1.85 bits per heavy atom. The van der Waals surface area contributed by atoms with Gasteiger partial charge in [0.25, 0.3) is 0 Å². The molecule has 2 aromatic heterocycles. The molecule has 0 spiro atoms. The first-order valence-electron chi connectivity index (χ1n) is 8.92. The molecule has 3 heterocycles. The van der Waals surface area contributed by atoms with Crippen LogP contribution in [0.3, 0.4) is 0 Å². The summed E-state index contributed by atoms with van der Waals surface area (Å²) >= 11 is 0. The fourth-order valence-corrected chi connectivity index (χ4v) is 3.27. The highest BCUT2D eigenvalue weighted by atomic mass is 15.3. The van der Waals surface area contributed by atoms with Crippen LogP contribution >= 0.6 is 0 Å². The first kappa shape index (κ1) is 16.6. The van der Waals surface area contributed by atoms with Gasteiger partial charge in [-0.25, -0.2) is 9.50 Å². The van der Waals surface area contributed by atoms with E-state index >= 15 is 0 Å². The molecule has 4 bridgehead atoms. The van der Waals surface area contributed by atoms with E-state index in [4.69, 9.17) is 4.98 Å². The van der Waals surface area contributed by atoms with E-state index in [2.05, 4.69) is 59.4 Å². The van der Waals surface area contributed by atoms with E-state index in [0.29, 0.717) is 0 Å². The van der Waals surface area contributed by atoms with E-state index < -0.39 is 0 Å². The maximum atomic E-state index is 4.79. The van der Waals surface area contributed by atoms with Crippen LogP contribution in [0, 0.1) is 6.92 Å². The van der Waals surface area contributed by atoms with Crippen molar-refractivity contribution < 1.29 is 0 Å². The molecule has 0 unspecified atom stereocenters. The lowest BCUT2D eigenvalue weighted by atomic mass is 10.0. The number of nitrogens with one attached hydrogen (secondary N) is 2. The molecule has 3 aromatic rings. The van der Waals surface area contributed by atoms with Gasteiger partial charge in [0.1, 0.15) is 5.82 Å². The van der Waals surface area contributed by atoms with Gasteiger partial charge in [-0.15, -0.1) is 0 Å². The Balaban J connectivity index is 1.84. The lowest BCUT2D eigenvalue weighted by Gasteiger charge is -2.18. The number of nitrogens with zero attached hydrogens (tertiary/aromatic N) is 4. The van der Waals surface area contributed by atoms with Crippen molar-refractivity contribution >= 4 is 17.2 Å². The van der Waals surface area contributed by atoms with Gasteiger partial charge in [0, 0.05) is 43.6 Å². The second kappa shape index (κ2) is 6.80. The van der Waals surface area contributed by atoms with Crippen LogP contribution in [0.2, 0.25) is 0 Å². The monoisotopic (exact) mass is 348 g/mol. The van der Waals surface area contributed by atoms with Gasteiger partial charge in [-0.3, -0.25) is 0 Å². The summed E-state index contributed by atoms with van der Waals surface area (Å²) in [4.78, 5) is 7.08. The lowest BCUT2D eigenvalue weighted by molar-refractivity contribution is 0.351. The maximum absolute atomic E-state index is 4.79. The molecule has 1 aliphatic rings. The minimum atomic E-state index is 0.844. The summed E-state index contributed by atoms with van der Waals surface area (Å²) in [6.45, 7) is 9.94. The van der Waals surface area contributed by atoms with Crippen LogP contribution in [0.4, 0.5) is 5.82 Å². The van der Waals surface area contributed by atoms with Gasteiger partial charge in [-0.05, 0) is 48.9 Å². The van der Waals surface area contributed by atoms with Crippen LogP contribution in [0.1, 0.15) is 11.1 Å². The van der Waals surface area contributed by atoms with Crippen molar-refractivity contribution in [3.63, 3.8) is 0 Å². The standard InChI is InChI=1S/C20H24N6/c1-14-10-16-12-17(11-14)18-13-23-26-7-4-19(24-20(18)26)22-6-9-25(3)8-5-21-15(16)2/h4,7,10-13,21H,2,5-6,8-9H2,1,3H3,(H,22,24). The topological polar surface area (TPSA) is 57.5 Å². The minimum absolute atomic E-state index is 0.844. The molecule has 26 heavy (non-hydrogen) atoms. The number of hydrogen-bond acceptors (Lipinski definition) is 5. The molecule has 1 aromatic carbocycles. The minimum Gasteiger partial charge on any atom is -0.384 e. The molecule has 0 fully saturated rings. The highest BCUT2D eigenvalue weighted by Crippen LogP contribution is 2.28. The van der Waals surface area contributed by atoms with E-state index in [9.17, 15) is 0 Å². The molecule has 6 nitrogen and oxygen atoms in total. The number of benzene rings is 1. The predicted octanol–water partition coefficient (Wildman–Crippen LogP) is 2.62. The summed E-state index contributed by atoms with van der Waals surface area (Å²) in [5, 5.41) is 11.3. The Bertz CT molecular complexity index is 958. The number of aromatic nitrogens is 3. The van der Waals surface area contributed by atoms with Crippen LogP contribution < -0.4 is 10.6 Å². The fraction of sp³-hybridized carbons (Fsp3) is 0.300. The summed E-state index contributed by atoms with van der Waals surface area (Å²) in [7, 11) is 2.13. The van der Waals surface area contributed by atoms with E-state index in [-0.39, 0.29) is 0 Å². The third-order valence-corrected chi connectivity index (χ3v) is 4.74. The SMILES string of the molecule is C=C1NCCN(C)CCNc2ccn3ncc(c3n2)-c2cc(C)cc1c2. The largest absolute Gasteiger partial charge is 0.384 e. The number of hydrogen-bond donors (Lipinski definition) is 2. The van der Waals surface area contributed by atoms with E-state index in [1.165, 1.54) is 5.56 Å². The van der Waals surface area contributed by atoms with Crippen molar-refractivity contribution in [1.29, 1.82) is 0 Å². The third-order valence-electron chi connectivity index (χ3n) is 4.74. The Morgan fingerprint density at radius 3 is 2.69 bits per heavy atom. The Labute approximate surface area is 153 Å². The number of likely N-dealkylation sites (N-methyl/N-ethyl adjacent to an activating group) is 1. The molecular weight excluding hydrogens is 324 g/mol. The van der Waals surface area contributed by atoms with E-state index in [1.807, 2.05) is 23.0 Å². The predicted molar refractivity (Wildman–Crippen MR) is 106 cm³/mol. The van der Waals surface area contributed by atoms with Crippen molar-refractivity contribution in [2.75, 3.05) is 38.5 Å². The fourth-order valence-electron chi connectivity index (χ4n) is 3.27. The molecule has 1 aliphatic heterocycles. The van der Waals surface area contributed by atoms with Crippen molar-refractivity contribution in [2.45, 2.75) is 6.92 Å². The lowest BCUT2D eigenvalue weighted by Crippen LogP contribution is -2.32. The zero-order chi connectivity index (χ0) is 18.1. The molecule has 0 amide bonds. The van der Waals surface area contributed by atoms with Gasteiger partial charge in [0.2, 0.25) is 0 Å². The van der Waals surface area contributed by atoms with E-state index in [1.54, 1.807) is 0 Å². The molecule has 0 saturated carbocycles. The maximum Gasteiger partial charge on any atom is 0.165 e. The first-order chi connectivity index (χ1) is 12.6. The zero-order valence-corrected chi connectivity index (χ0v) is 15.3.